The van der Waals surface area contributed by atoms with E-state index in [2.05, 4.69) is 4.74 Å². The predicted octanol–water partition coefficient (Wildman–Crippen LogP) is 1.25. The van der Waals surface area contributed by atoms with Crippen LogP contribution < -0.4 is 0 Å². The fourth-order valence-electron chi connectivity index (χ4n) is 1.02. The molecule has 0 fully saturated rings. The number of rotatable bonds is 5. The van der Waals surface area contributed by atoms with E-state index >= 15 is 0 Å². The van der Waals surface area contributed by atoms with Crippen LogP contribution in [-0.2, 0) is 9.53 Å². The lowest BCUT2D eigenvalue weighted by atomic mass is 10.1. The molecule has 16 heavy (non-hydrogen) atoms. The first-order valence-corrected chi connectivity index (χ1v) is 4.28. The molecule has 0 bridgehead atoms. The van der Waals surface area contributed by atoms with Gasteiger partial charge in [0.1, 0.15) is 24.8 Å². The SMILES string of the molecule is O=C(O)COCC(=O)c1cc(F)ccc1F. The summed E-state index contributed by atoms with van der Waals surface area (Å²) in [5, 5.41) is 8.23. The Bertz CT molecular complexity index is 417. The molecule has 0 heterocycles. The number of carbonyl (C=O) groups excluding carboxylic acids is 1. The zero-order valence-electron chi connectivity index (χ0n) is 8.07. The lowest BCUT2D eigenvalue weighted by Gasteiger charge is -2.02. The van der Waals surface area contributed by atoms with Crippen molar-refractivity contribution in [2.75, 3.05) is 13.2 Å². The molecule has 0 spiro atoms. The number of ketones is 1. The third kappa shape index (κ3) is 3.39. The van der Waals surface area contributed by atoms with Gasteiger partial charge in [0.05, 0.1) is 5.56 Å². The third-order valence-corrected chi connectivity index (χ3v) is 1.69. The summed E-state index contributed by atoms with van der Waals surface area (Å²) >= 11 is 0. The van der Waals surface area contributed by atoms with Crippen molar-refractivity contribution < 1.29 is 28.2 Å². The molecule has 1 aromatic rings. The number of hydrogen-bond donors (Lipinski definition) is 1. The smallest absolute Gasteiger partial charge is 0.329 e. The van der Waals surface area contributed by atoms with Gasteiger partial charge in [0.15, 0.2) is 5.78 Å². The predicted molar refractivity (Wildman–Crippen MR) is 49.1 cm³/mol. The summed E-state index contributed by atoms with van der Waals surface area (Å²) in [5.74, 6) is -3.67. The number of Topliss-reactive ketones (excluding diaryl/α,β-unsaturated/α-hetero) is 1. The molecular weight excluding hydrogens is 222 g/mol. The Kier molecular flexibility index (Phi) is 4.07. The number of carboxylic acids is 1. The summed E-state index contributed by atoms with van der Waals surface area (Å²) in [7, 11) is 0. The largest absolute Gasteiger partial charge is 0.480 e. The molecule has 0 saturated heterocycles. The standard InChI is InChI=1S/C10H8F2O4/c11-6-1-2-8(12)7(3-6)9(13)4-16-5-10(14)15/h1-3H,4-5H2,(H,14,15). The molecule has 1 N–H and O–H groups in total. The van der Waals surface area contributed by atoms with Crippen LogP contribution in [0.3, 0.4) is 0 Å². The Morgan fingerprint density at radius 1 is 1.25 bits per heavy atom. The molecule has 1 aromatic carbocycles. The highest BCUT2D eigenvalue weighted by Crippen LogP contribution is 2.10. The lowest BCUT2D eigenvalue weighted by molar-refractivity contribution is -0.141. The van der Waals surface area contributed by atoms with Crippen LogP contribution in [0, 0.1) is 11.6 Å². The monoisotopic (exact) mass is 230 g/mol. The van der Waals surface area contributed by atoms with Crippen LogP contribution >= 0.6 is 0 Å². The van der Waals surface area contributed by atoms with Gasteiger partial charge in [0.2, 0.25) is 0 Å². The summed E-state index contributed by atoms with van der Waals surface area (Å²) in [5.41, 5.74) is -0.453. The Morgan fingerprint density at radius 2 is 1.94 bits per heavy atom. The van der Waals surface area contributed by atoms with Crippen LogP contribution in [0.4, 0.5) is 8.78 Å². The summed E-state index contributed by atoms with van der Waals surface area (Å²) < 4.78 is 30.2. The summed E-state index contributed by atoms with van der Waals surface area (Å²) in [6.45, 7) is -1.27. The van der Waals surface area contributed by atoms with Crippen LogP contribution in [0.25, 0.3) is 0 Å². The van der Waals surface area contributed by atoms with E-state index < -0.39 is 42.2 Å². The van der Waals surface area contributed by atoms with Crippen molar-refractivity contribution in [3.8, 4) is 0 Å². The number of benzene rings is 1. The van der Waals surface area contributed by atoms with Gasteiger partial charge in [0.25, 0.3) is 0 Å². The normalized spacial score (nSPS) is 10.1. The van der Waals surface area contributed by atoms with E-state index in [1.807, 2.05) is 0 Å². The first-order valence-electron chi connectivity index (χ1n) is 4.28. The van der Waals surface area contributed by atoms with Gasteiger partial charge in [0, 0.05) is 0 Å². The molecule has 0 amide bonds. The second kappa shape index (κ2) is 5.32. The van der Waals surface area contributed by atoms with E-state index in [1.165, 1.54) is 0 Å². The van der Waals surface area contributed by atoms with Crippen molar-refractivity contribution in [3.63, 3.8) is 0 Å². The zero-order valence-corrected chi connectivity index (χ0v) is 8.07. The van der Waals surface area contributed by atoms with Gasteiger partial charge >= 0.3 is 5.97 Å². The fourth-order valence-corrected chi connectivity index (χ4v) is 1.02. The first kappa shape index (κ1) is 12.3. The second-order valence-corrected chi connectivity index (χ2v) is 2.93. The van der Waals surface area contributed by atoms with Crippen molar-refractivity contribution in [2.24, 2.45) is 0 Å². The minimum Gasteiger partial charge on any atom is -0.480 e. The van der Waals surface area contributed by atoms with E-state index in [0.717, 1.165) is 18.2 Å². The van der Waals surface area contributed by atoms with Crippen molar-refractivity contribution in [2.45, 2.75) is 0 Å². The number of carboxylic acid groups (broad SMARTS) is 1. The molecule has 0 saturated carbocycles. The van der Waals surface area contributed by atoms with Gasteiger partial charge in [-0.25, -0.2) is 13.6 Å². The molecule has 0 radical (unpaired) electrons. The van der Waals surface area contributed by atoms with Crippen molar-refractivity contribution >= 4 is 11.8 Å². The van der Waals surface area contributed by atoms with Gasteiger partial charge in [-0.15, -0.1) is 0 Å². The molecule has 0 unspecified atom stereocenters. The Hall–Kier alpha value is -1.82. The first-order chi connectivity index (χ1) is 7.50. The lowest BCUT2D eigenvalue weighted by Crippen LogP contribution is -2.15. The average molecular weight is 230 g/mol. The molecule has 6 heteroatoms. The van der Waals surface area contributed by atoms with E-state index in [0.29, 0.717) is 0 Å². The van der Waals surface area contributed by atoms with E-state index in [4.69, 9.17) is 5.11 Å². The number of hydrogen-bond acceptors (Lipinski definition) is 3. The number of ether oxygens (including phenoxy) is 1. The highest BCUT2D eigenvalue weighted by molar-refractivity contribution is 5.97. The second-order valence-electron chi connectivity index (χ2n) is 2.93. The summed E-state index contributed by atoms with van der Waals surface area (Å²) in [4.78, 5) is 21.3. The molecule has 86 valence electrons. The maximum Gasteiger partial charge on any atom is 0.329 e. The quantitative estimate of drug-likeness (QED) is 0.773. The van der Waals surface area contributed by atoms with Crippen LogP contribution in [0.15, 0.2) is 18.2 Å². The molecule has 0 aliphatic heterocycles. The minimum absolute atomic E-state index is 0.453. The van der Waals surface area contributed by atoms with Gasteiger partial charge in [-0.2, -0.15) is 0 Å². The number of halogens is 2. The van der Waals surface area contributed by atoms with Gasteiger partial charge in [-0.3, -0.25) is 4.79 Å². The van der Waals surface area contributed by atoms with Gasteiger partial charge < -0.3 is 9.84 Å². The zero-order chi connectivity index (χ0) is 12.1. The van der Waals surface area contributed by atoms with Gasteiger partial charge in [-0.1, -0.05) is 0 Å². The Balaban J connectivity index is 2.65. The molecule has 0 aromatic heterocycles. The molecular formula is C10H8F2O4. The van der Waals surface area contributed by atoms with E-state index in [1.54, 1.807) is 0 Å². The Labute approximate surface area is 89.5 Å². The van der Waals surface area contributed by atoms with E-state index in [9.17, 15) is 18.4 Å². The topological polar surface area (TPSA) is 63.6 Å². The highest BCUT2D eigenvalue weighted by Gasteiger charge is 2.13. The Morgan fingerprint density at radius 3 is 2.56 bits per heavy atom. The molecule has 0 aliphatic rings. The molecule has 0 aliphatic carbocycles. The number of carbonyl (C=O) groups is 2. The third-order valence-electron chi connectivity index (χ3n) is 1.69. The van der Waals surface area contributed by atoms with Crippen LogP contribution in [0.2, 0.25) is 0 Å². The molecule has 0 atom stereocenters. The van der Waals surface area contributed by atoms with Crippen molar-refractivity contribution in [1.29, 1.82) is 0 Å². The van der Waals surface area contributed by atoms with Crippen molar-refractivity contribution in [3.05, 3.63) is 35.4 Å². The van der Waals surface area contributed by atoms with E-state index in [-0.39, 0.29) is 0 Å². The number of aliphatic carboxylic acids is 1. The fraction of sp³-hybridized carbons (Fsp3) is 0.200. The average Bonchev–Trinajstić information content (AvgIpc) is 2.21. The highest BCUT2D eigenvalue weighted by atomic mass is 19.1. The minimum atomic E-state index is -1.24. The molecule has 1 rings (SSSR count). The van der Waals surface area contributed by atoms with Crippen LogP contribution in [0.1, 0.15) is 10.4 Å². The van der Waals surface area contributed by atoms with Crippen LogP contribution in [-0.4, -0.2) is 30.1 Å². The summed E-state index contributed by atoms with van der Waals surface area (Å²) in [6.07, 6.45) is 0. The maximum absolute atomic E-state index is 13.0. The molecule has 4 nitrogen and oxygen atoms in total. The van der Waals surface area contributed by atoms with Crippen LogP contribution in [0.5, 0.6) is 0 Å². The van der Waals surface area contributed by atoms with Gasteiger partial charge in [-0.05, 0) is 18.2 Å². The maximum atomic E-state index is 13.0. The van der Waals surface area contributed by atoms with Crippen molar-refractivity contribution in [1.82, 2.24) is 0 Å². The summed E-state index contributed by atoms with van der Waals surface area (Å²) in [6, 6.07) is 2.44.